The average Bonchev–Trinajstić information content (AvgIpc) is 2.82. The zero-order valence-electron chi connectivity index (χ0n) is 10.0. The van der Waals surface area contributed by atoms with Crippen molar-refractivity contribution in [3.63, 3.8) is 0 Å². The zero-order chi connectivity index (χ0) is 13.0. The smallest absolute Gasteiger partial charge is 0.251 e. The van der Waals surface area contributed by atoms with Crippen LogP contribution in [0.15, 0.2) is 47.1 Å². The summed E-state index contributed by atoms with van der Waals surface area (Å²) >= 11 is 5.77. The zero-order valence-corrected chi connectivity index (χ0v) is 10.8. The van der Waals surface area contributed by atoms with Crippen LogP contribution in [0.1, 0.15) is 23.0 Å². The van der Waals surface area contributed by atoms with Gasteiger partial charge in [0.15, 0.2) is 0 Å². The summed E-state index contributed by atoms with van der Waals surface area (Å²) in [4.78, 5) is 11.9. The van der Waals surface area contributed by atoms with Crippen molar-refractivity contribution in [2.75, 3.05) is 0 Å². The highest BCUT2D eigenvalue weighted by molar-refractivity contribution is 6.30. The van der Waals surface area contributed by atoms with E-state index in [0.717, 1.165) is 5.76 Å². The topological polar surface area (TPSA) is 42.2 Å². The van der Waals surface area contributed by atoms with Gasteiger partial charge >= 0.3 is 0 Å². The lowest BCUT2D eigenvalue weighted by atomic mass is 10.1. The molecule has 1 N–H and O–H groups in total. The van der Waals surface area contributed by atoms with E-state index in [9.17, 15) is 4.79 Å². The molecule has 0 bridgehead atoms. The van der Waals surface area contributed by atoms with Gasteiger partial charge in [-0.15, -0.1) is 0 Å². The molecule has 0 aliphatic carbocycles. The molecule has 1 atom stereocenters. The van der Waals surface area contributed by atoms with Crippen LogP contribution in [0.4, 0.5) is 0 Å². The van der Waals surface area contributed by atoms with Gasteiger partial charge in [-0.1, -0.05) is 11.6 Å². The fraction of sp³-hybridized carbons (Fsp3) is 0.214. The lowest BCUT2D eigenvalue weighted by Crippen LogP contribution is -2.33. The molecule has 0 saturated carbocycles. The number of benzene rings is 1. The van der Waals surface area contributed by atoms with E-state index in [2.05, 4.69) is 5.32 Å². The first kappa shape index (κ1) is 12.7. The molecular formula is C14H14ClNO2. The summed E-state index contributed by atoms with van der Waals surface area (Å²) in [5.41, 5.74) is 0.602. The summed E-state index contributed by atoms with van der Waals surface area (Å²) < 4.78 is 5.24. The third-order valence-electron chi connectivity index (χ3n) is 2.57. The van der Waals surface area contributed by atoms with E-state index in [1.807, 2.05) is 19.1 Å². The van der Waals surface area contributed by atoms with Crippen LogP contribution in [-0.2, 0) is 6.42 Å². The summed E-state index contributed by atoms with van der Waals surface area (Å²) in [6.45, 7) is 1.94. The molecule has 0 aliphatic heterocycles. The minimum absolute atomic E-state index is 0.0133. The molecule has 1 unspecified atom stereocenters. The lowest BCUT2D eigenvalue weighted by Gasteiger charge is -2.12. The Kier molecular flexibility index (Phi) is 4.05. The summed E-state index contributed by atoms with van der Waals surface area (Å²) in [6.07, 6.45) is 2.30. The maximum atomic E-state index is 11.9. The maximum Gasteiger partial charge on any atom is 0.251 e. The van der Waals surface area contributed by atoms with E-state index in [-0.39, 0.29) is 11.9 Å². The highest BCUT2D eigenvalue weighted by Gasteiger charge is 2.11. The van der Waals surface area contributed by atoms with Gasteiger partial charge in [0.05, 0.1) is 6.26 Å². The van der Waals surface area contributed by atoms with Gasteiger partial charge in [0.2, 0.25) is 0 Å². The molecule has 94 valence electrons. The largest absolute Gasteiger partial charge is 0.469 e. The van der Waals surface area contributed by atoms with Crippen LogP contribution < -0.4 is 5.32 Å². The Morgan fingerprint density at radius 2 is 2.06 bits per heavy atom. The number of furan rings is 1. The monoisotopic (exact) mass is 263 g/mol. The van der Waals surface area contributed by atoms with Crippen LogP contribution >= 0.6 is 11.6 Å². The van der Waals surface area contributed by atoms with Crippen LogP contribution in [0.25, 0.3) is 0 Å². The maximum absolute atomic E-state index is 11.9. The second-order valence-corrected chi connectivity index (χ2v) is 4.60. The van der Waals surface area contributed by atoms with Gasteiger partial charge in [-0.2, -0.15) is 0 Å². The molecule has 0 aliphatic rings. The van der Waals surface area contributed by atoms with Crippen LogP contribution in [0, 0.1) is 0 Å². The number of nitrogens with one attached hydrogen (secondary N) is 1. The predicted molar refractivity (Wildman–Crippen MR) is 70.8 cm³/mol. The lowest BCUT2D eigenvalue weighted by molar-refractivity contribution is 0.0939. The van der Waals surface area contributed by atoms with Gasteiger partial charge in [-0.05, 0) is 43.3 Å². The molecule has 1 aromatic heterocycles. The van der Waals surface area contributed by atoms with E-state index in [0.29, 0.717) is 17.0 Å². The van der Waals surface area contributed by atoms with Crippen molar-refractivity contribution in [3.8, 4) is 0 Å². The molecule has 3 nitrogen and oxygen atoms in total. The predicted octanol–water partition coefficient (Wildman–Crippen LogP) is 3.29. The molecule has 0 radical (unpaired) electrons. The van der Waals surface area contributed by atoms with E-state index in [1.165, 1.54) is 0 Å². The van der Waals surface area contributed by atoms with Crippen LogP contribution in [-0.4, -0.2) is 11.9 Å². The van der Waals surface area contributed by atoms with Crippen LogP contribution in [0.3, 0.4) is 0 Å². The molecule has 4 heteroatoms. The Morgan fingerprint density at radius 3 is 2.67 bits per heavy atom. The Hall–Kier alpha value is -1.74. The Bertz CT molecular complexity index is 505. The third-order valence-corrected chi connectivity index (χ3v) is 2.82. The van der Waals surface area contributed by atoms with Crippen LogP contribution in [0.5, 0.6) is 0 Å². The Morgan fingerprint density at radius 1 is 1.33 bits per heavy atom. The standard InChI is InChI=1S/C14H14ClNO2/c1-10(9-13-3-2-8-18-13)16-14(17)11-4-6-12(15)7-5-11/h2-8,10H,9H2,1H3,(H,16,17). The van der Waals surface area contributed by atoms with Crippen molar-refractivity contribution < 1.29 is 9.21 Å². The van der Waals surface area contributed by atoms with E-state index < -0.39 is 0 Å². The van der Waals surface area contributed by atoms with Gasteiger partial charge in [-0.3, -0.25) is 4.79 Å². The molecular weight excluding hydrogens is 250 g/mol. The Balaban J connectivity index is 1.92. The Labute approximate surface area is 111 Å². The average molecular weight is 264 g/mol. The van der Waals surface area contributed by atoms with Gasteiger partial charge in [0, 0.05) is 23.0 Å². The summed E-state index contributed by atoms with van der Waals surface area (Å²) in [7, 11) is 0. The fourth-order valence-corrected chi connectivity index (χ4v) is 1.82. The molecule has 0 fully saturated rings. The normalized spacial score (nSPS) is 12.1. The van der Waals surface area contributed by atoms with Gasteiger partial charge in [0.1, 0.15) is 5.76 Å². The number of amides is 1. The second-order valence-electron chi connectivity index (χ2n) is 4.16. The van der Waals surface area contributed by atoms with Crippen molar-refractivity contribution in [1.82, 2.24) is 5.32 Å². The first-order chi connectivity index (χ1) is 8.65. The van der Waals surface area contributed by atoms with E-state index >= 15 is 0 Å². The summed E-state index contributed by atoms with van der Waals surface area (Å²) in [6, 6.07) is 10.6. The molecule has 2 aromatic rings. The van der Waals surface area contributed by atoms with Crippen molar-refractivity contribution in [2.24, 2.45) is 0 Å². The van der Waals surface area contributed by atoms with E-state index in [4.69, 9.17) is 16.0 Å². The second kappa shape index (κ2) is 5.74. The van der Waals surface area contributed by atoms with E-state index in [1.54, 1.807) is 30.5 Å². The molecule has 2 rings (SSSR count). The van der Waals surface area contributed by atoms with Gasteiger partial charge in [0.25, 0.3) is 5.91 Å². The number of halogens is 1. The molecule has 18 heavy (non-hydrogen) atoms. The van der Waals surface area contributed by atoms with Crippen molar-refractivity contribution in [3.05, 3.63) is 59.0 Å². The quantitative estimate of drug-likeness (QED) is 0.920. The molecule has 1 heterocycles. The number of hydrogen-bond acceptors (Lipinski definition) is 2. The number of carbonyl (C=O) groups excluding carboxylic acids is 1. The molecule has 1 amide bonds. The number of hydrogen-bond donors (Lipinski definition) is 1. The van der Waals surface area contributed by atoms with Crippen LogP contribution in [0.2, 0.25) is 5.02 Å². The molecule has 0 spiro atoms. The van der Waals surface area contributed by atoms with Crippen molar-refractivity contribution in [1.29, 1.82) is 0 Å². The SMILES string of the molecule is CC(Cc1ccco1)NC(=O)c1ccc(Cl)cc1. The molecule has 1 aromatic carbocycles. The third kappa shape index (κ3) is 3.37. The minimum Gasteiger partial charge on any atom is -0.469 e. The number of rotatable bonds is 4. The first-order valence-electron chi connectivity index (χ1n) is 5.74. The fourth-order valence-electron chi connectivity index (χ4n) is 1.69. The van der Waals surface area contributed by atoms with Crippen molar-refractivity contribution >= 4 is 17.5 Å². The summed E-state index contributed by atoms with van der Waals surface area (Å²) in [5.74, 6) is 0.754. The minimum atomic E-state index is -0.106. The highest BCUT2D eigenvalue weighted by atomic mass is 35.5. The highest BCUT2D eigenvalue weighted by Crippen LogP contribution is 2.10. The van der Waals surface area contributed by atoms with Gasteiger partial charge < -0.3 is 9.73 Å². The number of carbonyl (C=O) groups is 1. The van der Waals surface area contributed by atoms with Crippen molar-refractivity contribution in [2.45, 2.75) is 19.4 Å². The first-order valence-corrected chi connectivity index (χ1v) is 6.12. The summed E-state index contributed by atoms with van der Waals surface area (Å²) in [5, 5.41) is 3.53. The molecule has 0 saturated heterocycles. The van der Waals surface area contributed by atoms with Gasteiger partial charge in [-0.25, -0.2) is 0 Å².